The number of hydrogen-bond acceptors (Lipinski definition) is 5. The molecule has 31 heavy (non-hydrogen) atoms. The van der Waals surface area contributed by atoms with Gasteiger partial charge in [-0.25, -0.2) is 9.79 Å². The van der Waals surface area contributed by atoms with Gasteiger partial charge in [-0.1, -0.05) is 38.1 Å². The summed E-state index contributed by atoms with van der Waals surface area (Å²) in [6.45, 7) is 5.60. The van der Waals surface area contributed by atoms with Crippen LogP contribution < -0.4 is 5.73 Å². The van der Waals surface area contributed by atoms with Crippen molar-refractivity contribution in [3.8, 4) is 11.1 Å². The van der Waals surface area contributed by atoms with Crippen molar-refractivity contribution >= 4 is 29.5 Å². The van der Waals surface area contributed by atoms with Gasteiger partial charge in [-0.2, -0.15) is 0 Å². The van der Waals surface area contributed by atoms with E-state index in [1.54, 1.807) is 12.1 Å². The Hall–Kier alpha value is -3.41. The van der Waals surface area contributed by atoms with Gasteiger partial charge >= 0.3 is 5.97 Å². The number of esters is 1. The molecule has 1 amide bonds. The summed E-state index contributed by atoms with van der Waals surface area (Å²) >= 11 is 0. The van der Waals surface area contributed by atoms with Crippen LogP contribution in [0.2, 0.25) is 0 Å². The molecule has 1 aliphatic heterocycles. The Morgan fingerprint density at radius 1 is 1.03 bits per heavy atom. The molecule has 0 bridgehead atoms. The third kappa shape index (κ3) is 5.20. The summed E-state index contributed by atoms with van der Waals surface area (Å²) < 4.78 is 4.75. The Morgan fingerprint density at radius 3 is 2.29 bits per heavy atom. The Morgan fingerprint density at radius 2 is 1.68 bits per heavy atom. The van der Waals surface area contributed by atoms with Crippen LogP contribution >= 0.6 is 0 Å². The van der Waals surface area contributed by atoms with Crippen molar-refractivity contribution in [3.63, 3.8) is 0 Å². The van der Waals surface area contributed by atoms with Crippen LogP contribution in [0.25, 0.3) is 17.2 Å². The zero-order chi connectivity index (χ0) is 22.4. The average molecular weight is 420 g/mol. The lowest BCUT2D eigenvalue weighted by atomic mass is 10.00. The predicted molar refractivity (Wildman–Crippen MR) is 124 cm³/mol. The molecule has 2 aromatic carbocycles. The molecule has 0 aliphatic carbocycles. The summed E-state index contributed by atoms with van der Waals surface area (Å²) in [5.41, 5.74) is 10.8. The van der Waals surface area contributed by atoms with Crippen molar-refractivity contribution in [1.29, 1.82) is 0 Å². The summed E-state index contributed by atoms with van der Waals surface area (Å²) in [7, 11) is 1.36. The van der Waals surface area contributed by atoms with Crippen molar-refractivity contribution in [3.05, 3.63) is 59.2 Å². The topological polar surface area (TPSA) is 85.0 Å². The van der Waals surface area contributed by atoms with E-state index in [2.05, 4.69) is 18.8 Å². The molecular weight excluding hydrogens is 390 g/mol. The number of carbonyl (C=O) groups excluding carboxylic acids is 2. The van der Waals surface area contributed by atoms with E-state index in [1.807, 2.05) is 41.3 Å². The number of benzene rings is 2. The molecule has 0 fully saturated rings. The number of nitrogens with zero attached hydrogens (tertiary/aromatic N) is 2. The lowest BCUT2D eigenvalue weighted by molar-refractivity contribution is -0.127. The Balaban J connectivity index is 1.93. The molecule has 0 saturated heterocycles. The van der Waals surface area contributed by atoms with Crippen LogP contribution in [-0.4, -0.2) is 42.8 Å². The maximum Gasteiger partial charge on any atom is 0.337 e. The van der Waals surface area contributed by atoms with E-state index in [9.17, 15) is 9.59 Å². The second-order valence-electron chi connectivity index (χ2n) is 7.58. The van der Waals surface area contributed by atoms with Crippen LogP contribution in [0.3, 0.4) is 0 Å². The first kappa shape index (κ1) is 22.3. The van der Waals surface area contributed by atoms with Gasteiger partial charge in [0.25, 0.3) is 0 Å². The van der Waals surface area contributed by atoms with Crippen molar-refractivity contribution in [2.75, 3.05) is 20.2 Å². The number of nitrogens with two attached hydrogens (primary N) is 1. The van der Waals surface area contributed by atoms with Crippen LogP contribution in [0.15, 0.2) is 53.0 Å². The van der Waals surface area contributed by atoms with E-state index in [-0.39, 0.29) is 11.9 Å². The molecule has 0 aromatic heterocycles. The highest BCUT2D eigenvalue weighted by molar-refractivity contribution is 6.05. The number of methoxy groups -OCH3 is 1. The molecule has 3 rings (SSSR count). The van der Waals surface area contributed by atoms with Crippen LogP contribution in [0, 0.1) is 0 Å². The third-order valence-electron chi connectivity index (χ3n) is 5.18. The van der Waals surface area contributed by atoms with E-state index < -0.39 is 0 Å². The molecule has 2 aromatic rings. The number of amidine groups is 1. The minimum Gasteiger partial charge on any atom is -0.465 e. The summed E-state index contributed by atoms with van der Waals surface area (Å²) in [4.78, 5) is 31.2. The lowest BCUT2D eigenvalue weighted by Gasteiger charge is -2.22. The number of fused-ring (bicyclic) bond motifs is 1. The average Bonchev–Trinajstić information content (AvgIpc) is 2.95. The van der Waals surface area contributed by atoms with E-state index in [4.69, 9.17) is 10.5 Å². The van der Waals surface area contributed by atoms with Gasteiger partial charge in [-0.3, -0.25) is 4.79 Å². The second kappa shape index (κ2) is 10.1. The van der Waals surface area contributed by atoms with E-state index in [0.29, 0.717) is 23.4 Å². The second-order valence-corrected chi connectivity index (χ2v) is 7.58. The molecule has 0 radical (unpaired) electrons. The van der Waals surface area contributed by atoms with Crippen molar-refractivity contribution in [2.24, 2.45) is 10.7 Å². The summed E-state index contributed by atoms with van der Waals surface area (Å²) in [5.74, 6) is 0.0787. The number of hydrogen-bond donors (Lipinski definition) is 1. The van der Waals surface area contributed by atoms with E-state index in [0.717, 1.165) is 48.3 Å². The van der Waals surface area contributed by atoms with Crippen LogP contribution in [-0.2, 0) is 9.53 Å². The molecule has 0 saturated carbocycles. The smallest absolute Gasteiger partial charge is 0.337 e. The predicted octanol–water partition coefficient (Wildman–Crippen LogP) is 4.56. The van der Waals surface area contributed by atoms with Gasteiger partial charge in [0.1, 0.15) is 5.84 Å². The largest absolute Gasteiger partial charge is 0.465 e. The number of ether oxygens (including phenoxy) is 1. The highest BCUT2D eigenvalue weighted by Crippen LogP contribution is 2.32. The molecule has 0 spiro atoms. The molecule has 0 unspecified atom stereocenters. The summed E-state index contributed by atoms with van der Waals surface area (Å²) in [5, 5.41) is 0. The fourth-order valence-electron chi connectivity index (χ4n) is 3.68. The Bertz CT molecular complexity index is 1020. The van der Waals surface area contributed by atoms with Gasteiger partial charge in [0, 0.05) is 30.6 Å². The molecule has 2 N–H and O–H groups in total. The fraction of sp³-hybridized carbons (Fsp3) is 0.320. The normalized spacial score (nSPS) is 12.9. The summed E-state index contributed by atoms with van der Waals surface area (Å²) in [6.07, 6.45) is 4.07. The molecule has 0 atom stereocenters. The van der Waals surface area contributed by atoms with Gasteiger partial charge in [-0.15, -0.1) is 0 Å². The van der Waals surface area contributed by atoms with Crippen molar-refractivity contribution in [1.82, 2.24) is 4.90 Å². The molecule has 162 valence electrons. The van der Waals surface area contributed by atoms with Gasteiger partial charge in [-0.05, 0) is 48.2 Å². The summed E-state index contributed by atoms with van der Waals surface area (Å²) in [6, 6.07) is 13.1. The molecule has 6 nitrogen and oxygen atoms in total. The first-order valence-electron chi connectivity index (χ1n) is 10.6. The lowest BCUT2D eigenvalue weighted by Crippen LogP contribution is -2.34. The molecule has 6 heteroatoms. The monoisotopic (exact) mass is 419 g/mol. The zero-order valence-corrected chi connectivity index (χ0v) is 18.4. The van der Waals surface area contributed by atoms with Gasteiger partial charge in [0.15, 0.2) is 0 Å². The van der Waals surface area contributed by atoms with Crippen molar-refractivity contribution < 1.29 is 14.3 Å². The first-order chi connectivity index (χ1) is 15.0. The van der Waals surface area contributed by atoms with E-state index >= 15 is 0 Å². The molecule has 1 aliphatic rings. The fourth-order valence-corrected chi connectivity index (χ4v) is 3.68. The van der Waals surface area contributed by atoms with Crippen molar-refractivity contribution in [2.45, 2.75) is 33.1 Å². The quantitative estimate of drug-likeness (QED) is 0.667. The maximum absolute atomic E-state index is 13.1. The Labute approximate surface area is 183 Å². The van der Waals surface area contributed by atoms with Gasteiger partial charge in [0.05, 0.1) is 18.4 Å². The van der Waals surface area contributed by atoms with Gasteiger partial charge < -0.3 is 15.4 Å². The van der Waals surface area contributed by atoms with Crippen LogP contribution in [0.4, 0.5) is 5.69 Å². The standard InChI is InChI=1S/C25H29N3O3/c1-4-12-28(13-5-2)24(29)21-14-20-11-10-19(15-22(20)27-23(26)16-21)17-6-8-18(9-7-17)25(30)31-3/h6-11,14-15H,4-5,12-13,16H2,1-3H3,(H2,26,27). The molecular formula is C25H29N3O3. The highest BCUT2D eigenvalue weighted by Gasteiger charge is 2.21. The Kier molecular flexibility index (Phi) is 7.23. The van der Waals surface area contributed by atoms with Crippen LogP contribution in [0.1, 0.15) is 49.0 Å². The minimum absolute atomic E-state index is 0.0252. The van der Waals surface area contributed by atoms with E-state index in [1.165, 1.54) is 7.11 Å². The number of amides is 1. The third-order valence-corrected chi connectivity index (χ3v) is 5.18. The SMILES string of the molecule is CCCN(CCC)C(=O)C1=Cc2ccc(-c3ccc(C(=O)OC)cc3)cc2N=C(N)C1. The van der Waals surface area contributed by atoms with Gasteiger partial charge in [0.2, 0.25) is 5.91 Å². The van der Waals surface area contributed by atoms with Crippen LogP contribution in [0.5, 0.6) is 0 Å². The number of rotatable bonds is 7. The highest BCUT2D eigenvalue weighted by atomic mass is 16.5. The zero-order valence-electron chi connectivity index (χ0n) is 18.4. The number of carbonyl (C=O) groups is 2. The molecule has 1 heterocycles. The number of aliphatic imine (C=N–C) groups is 1. The minimum atomic E-state index is -0.367. The first-order valence-corrected chi connectivity index (χ1v) is 10.6. The maximum atomic E-state index is 13.1.